The highest BCUT2D eigenvalue weighted by molar-refractivity contribution is 7.99. The van der Waals surface area contributed by atoms with Crippen molar-refractivity contribution >= 4 is 34.1 Å². The summed E-state index contributed by atoms with van der Waals surface area (Å²) < 4.78 is 7.99. The highest BCUT2D eigenvalue weighted by atomic mass is 32.2. The Morgan fingerprint density at radius 3 is 2.52 bits per heavy atom. The third kappa shape index (κ3) is 5.31. The van der Waals surface area contributed by atoms with Crippen LogP contribution >= 0.6 is 23.1 Å². The lowest BCUT2D eigenvalue weighted by atomic mass is 10.3. The molecule has 0 unspecified atom stereocenters. The number of nitrogens with one attached hydrogen (secondary N) is 1. The fraction of sp³-hybridized carbons (Fsp3) is 0.182. The first kappa shape index (κ1) is 21.1. The molecule has 31 heavy (non-hydrogen) atoms. The highest BCUT2D eigenvalue weighted by Crippen LogP contribution is 2.28. The number of aromatic nitrogens is 4. The Morgan fingerprint density at radius 1 is 1.13 bits per heavy atom. The number of para-hydroxylation sites is 2. The van der Waals surface area contributed by atoms with Crippen molar-refractivity contribution in [2.24, 2.45) is 0 Å². The quantitative estimate of drug-likeness (QED) is 0.384. The fourth-order valence-electron chi connectivity index (χ4n) is 2.91. The van der Waals surface area contributed by atoms with Crippen LogP contribution in [0, 0.1) is 6.92 Å². The molecule has 0 aliphatic rings. The van der Waals surface area contributed by atoms with Crippen molar-refractivity contribution < 1.29 is 9.53 Å². The van der Waals surface area contributed by atoms with Crippen molar-refractivity contribution in [3.05, 3.63) is 77.6 Å². The van der Waals surface area contributed by atoms with Crippen LogP contribution in [0.3, 0.4) is 0 Å². The number of carbonyl (C=O) groups is 1. The number of aryl methyl sites for hydroxylation is 1. The minimum Gasteiger partial charge on any atom is -0.483 e. The number of hydrogen-bond donors (Lipinski definition) is 1. The van der Waals surface area contributed by atoms with E-state index in [0.717, 1.165) is 17.1 Å². The summed E-state index contributed by atoms with van der Waals surface area (Å²) in [6.07, 6.45) is -0.337. The molecule has 0 aliphatic carbocycles. The number of nitrogens with zero attached hydrogens (tertiary/aromatic N) is 4. The summed E-state index contributed by atoms with van der Waals surface area (Å²) in [5.74, 6) is 1.47. The first-order chi connectivity index (χ1) is 15.1. The van der Waals surface area contributed by atoms with E-state index < -0.39 is 0 Å². The van der Waals surface area contributed by atoms with E-state index in [1.807, 2.05) is 84.5 Å². The standard InChI is InChI=1S/C22H21N5O2S2/c1-15-13-30-21(23-15)24-19(28)14-31-22-26-25-20(27(22)17-9-5-3-6-10-17)16(2)29-18-11-7-4-8-12-18/h3-13,16H,14H2,1-2H3,(H,23,24,28)/t16-/m1/s1. The van der Waals surface area contributed by atoms with Crippen molar-refractivity contribution in [2.45, 2.75) is 25.1 Å². The average molecular weight is 452 g/mol. The van der Waals surface area contributed by atoms with Gasteiger partial charge >= 0.3 is 0 Å². The maximum Gasteiger partial charge on any atom is 0.236 e. The summed E-state index contributed by atoms with van der Waals surface area (Å²) in [7, 11) is 0. The van der Waals surface area contributed by atoms with Crippen molar-refractivity contribution in [1.29, 1.82) is 0 Å². The Kier molecular flexibility index (Phi) is 6.63. The predicted octanol–water partition coefficient (Wildman–Crippen LogP) is 4.90. The lowest BCUT2D eigenvalue weighted by molar-refractivity contribution is -0.113. The lowest BCUT2D eigenvalue weighted by Gasteiger charge is -2.16. The van der Waals surface area contributed by atoms with Gasteiger partial charge in [0.15, 0.2) is 22.2 Å². The maximum atomic E-state index is 12.4. The summed E-state index contributed by atoms with van der Waals surface area (Å²) in [6.45, 7) is 3.83. The topological polar surface area (TPSA) is 81.9 Å². The van der Waals surface area contributed by atoms with Crippen LogP contribution in [0.5, 0.6) is 5.75 Å². The van der Waals surface area contributed by atoms with E-state index in [9.17, 15) is 4.79 Å². The summed E-state index contributed by atoms with van der Waals surface area (Å²) in [6, 6.07) is 19.4. The molecular formula is C22H21N5O2S2. The van der Waals surface area contributed by atoms with Crippen LogP contribution in [0.25, 0.3) is 5.69 Å². The van der Waals surface area contributed by atoms with Gasteiger partial charge in [-0.15, -0.1) is 21.5 Å². The molecule has 0 fully saturated rings. The monoisotopic (exact) mass is 451 g/mol. The summed E-state index contributed by atoms with van der Waals surface area (Å²) in [5, 5.41) is 14.7. The van der Waals surface area contributed by atoms with E-state index >= 15 is 0 Å². The van der Waals surface area contributed by atoms with Gasteiger partial charge in [0, 0.05) is 11.1 Å². The van der Waals surface area contributed by atoms with Gasteiger partial charge in [-0.2, -0.15) is 0 Å². The molecule has 0 radical (unpaired) electrons. The molecular weight excluding hydrogens is 430 g/mol. The smallest absolute Gasteiger partial charge is 0.236 e. The normalized spacial score (nSPS) is 11.8. The third-order valence-electron chi connectivity index (χ3n) is 4.29. The molecule has 1 atom stereocenters. The van der Waals surface area contributed by atoms with E-state index in [1.165, 1.54) is 23.1 Å². The zero-order chi connectivity index (χ0) is 21.6. The van der Waals surface area contributed by atoms with Gasteiger partial charge in [0.1, 0.15) is 5.75 Å². The largest absolute Gasteiger partial charge is 0.483 e. The Morgan fingerprint density at radius 2 is 1.84 bits per heavy atom. The molecule has 9 heteroatoms. The number of anilines is 1. The van der Waals surface area contributed by atoms with Gasteiger partial charge < -0.3 is 10.1 Å². The van der Waals surface area contributed by atoms with Gasteiger partial charge in [-0.3, -0.25) is 9.36 Å². The predicted molar refractivity (Wildman–Crippen MR) is 123 cm³/mol. The van der Waals surface area contributed by atoms with E-state index in [-0.39, 0.29) is 17.8 Å². The molecule has 158 valence electrons. The van der Waals surface area contributed by atoms with Crippen LogP contribution in [0.15, 0.2) is 71.2 Å². The lowest BCUT2D eigenvalue weighted by Crippen LogP contribution is -2.15. The molecule has 4 rings (SSSR count). The zero-order valence-electron chi connectivity index (χ0n) is 17.1. The van der Waals surface area contributed by atoms with Gasteiger partial charge in [0.2, 0.25) is 5.91 Å². The van der Waals surface area contributed by atoms with Crippen LogP contribution in [0.1, 0.15) is 24.5 Å². The van der Waals surface area contributed by atoms with Crippen molar-refractivity contribution in [3.8, 4) is 11.4 Å². The first-order valence-corrected chi connectivity index (χ1v) is 11.5. The van der Waals surface area contributed by atoms with E-state index in [1.54, 1.807) is 0 Å². The molecule has 7 nitrogen and oxygen atoms in total. The number of ether oxygens (including phenoxy) is 1. The molecule has 0 bridgehead atoms. The van der Waals surface area contributed by atoms with Crippen molar-refractivity contribution in [3.63, 3.8) is 0 Å². The third-order valence-corrected chi connectivity index (χ3v) is 6.09. The van der Waals surface area contributed by atoms with E-state index in [0.29, 0.717) is 16.1 Å². The number of hydrogen-bond acceptors (Lipinski definition) is 7. The number of thiazole rings is 1. The van der Waals surface area contributed by atoms with Gasteiger partial charge in [0.05, 0.1) is 11.4 Å². The first-order valence-electron chi connectivity index (χ1n) is 9.67. The molecule has 4 aromatic rings. The number of rotatable bonds is 8. The number of thioether (sulfide) groups is 1. The molecule has 0 aliphatic heterocycles. The maximum absolute atomic E-state index is 12.4. The number of benzene rings is 2. The Labute approximate surface area is 188 Å². The summed E-state index contributed by atoms with van der Waals surface area (Å²) >= 11 is 2.73. The van der Waals surface area contributed by atoms with Gasteiger partial charge in [-0.1, -0.05) is 48.2 Å². The second-order valence-corrected chi connectivity index (χ2v) is 8.52. The summed E-state index contributed by atoms with van der Waals surface area (Å²) in [4.78, 5) is 16.6. The van der Waals surface area contributed by atoms with E-state index in [2.05, 4.69) is 20.5 Å². The van der Waals surface area contributed by atoms with Crippen LogP contribution in [-0.4, -0.2) is 31.4 Å². The second-order valence-electron chi connectivity index (χ2n) is 6.72. The Bertz CT molecular complexity index is 1150. The number of carbonyl (C=O) groups excluding carboxylic acids is 1. The molecule has 0 saturated heterocycles. The summed E-state index contributed by atoms with van der Waals surface area (Å²) in [5.41, 5.74) is 1.79. The molecule has 2 aromatic carbocycles. The van der Waals surface area contributed by atoms with E-state index in [4.69, 9.17) is 4.74 Å². The fourth-order valence-corrected chi connectivity index (χ4v) is 4.37. The van der Waals surface area contributed by atoms with Crippen LogP contribution in [0.2, 0.25) is 0 Å². The van der Waals surface area contributed by atoms with Crippen molar-refractivity contribution in [1.82, 2.24) is 19.7 Å². The molecule has 0 saturated carbocycles. The molecule has 2 aromatic heterocycles. The second kappa shape index (κ2) is 9.76. The van der Waals surface area contributed by atoms with Crippen LogP contribution in [-0.2, 0) is 4.79 Å². The van der Waals surface area contributed by atoms with Gasteiger partial charge in [-0.05, 0) is 38.1 Å². The molecule has 0 spiro atoms. The molecule has 1 N–H and O–H groups in total. The molecule has 1 amide bonds. The Hall–Kier alpha value is -3.17. The van der Waals surface area contributed by atoms with Gasteiger partial charge in [0.25, 0.3) is 0 Å². The Balaban J connectivity index is 1.54. The van der Waals surface area contributed by atoms with Gasteiger partial charge in [-0.25, -0.2) is 4.98 Å². The average Bonchev–Trinajstić information content (AvgIpc) is 3.39. The number of amides is 1. The minimum absolute atomic E-state index is 0.142. The minimum atomic E-state index is -0.337. The van der Waals surface area contributed by atoms with Crippen LogP contribution in [0.4, 0.5) is 5.13 Å². The zero-order valence-corrected chi connectivity index (χ0v) is 18.7. The van der Waals surface area contributed by atoms with Crippen LogP contribution < -0.4 is 10.1 Å². The highest BCUT2D eigenvalue weighted by Gasteiger charge is 2.21. The molecule has 2 heterocycles. The SMILES string of the molecule is Cc1csc(NC(=O)CSc2nnc([C@@H](C)Oc3ccccc3)n2-c2ccccc2)n1. The van der Waals surface area contributed by atoms with Crippen molar-refractivity contribution in [2.75, 3.05) is 11.1 Å².